The third-order valence-corrected chi connectivity index (χ3v) is 2.81. The van der Waals surface area contributed by atoms with E-state index in [0.717, 1.165) is 5.56 Å². The topological polar surface area (TPSA) is 12.0 Å². The molecule has 1 aliphatic rings. The Morgan fingerprint density at radius 2 is 2.21 bits per heavy atom. The van der Waals surface area contributed by atoms with Gasteiger partial charge in [-0.1, -0.05) is 17.7 Å². The van der Waals surface area contributed by atoms with Crippen LogP contribution < -0.4 is 5.32 Å². The van der Waals surface area contributed by atoms with Crippen molar-refractivity contribution in [2.75, 3.05) is 0 Å². The molecule has 1 nitrogen and oxygen atoms in total. The van der Waals surface area contributed by atoms with Gasteiger partial charge in [0.25, 0.3) is 0 Å². The molecule has 76 valence electrons. The second kappa shape index (κ2) is 3.87. The second-order valence-corrected chi connectivity index (χ2v) is 4.24. The SMILES string of the molecule is CC(NC1CC1)c1ccc(Cl)c(F)c1. The maximum Gasteiger partial charge on any atom is 0.142 e. The number of halogens is 2. The molecule has 1 unspecified atom stereocenters. The van der Waals surface area contributed by atoms with Crippen LogP contribution in [0, 0.1) is 5.82 Å². The smallest absolute Gasteiger partial charge is 0.142 e. The third-order valence-electron chi connectivity index (χ3n) is 2.51. The van der Waals surface area contributed by atoms with Gasteiger partial charge in [0.05, 0.1) is 5.02 Å². The Kier molecular flexibility index (Phi) is 2.75. The summed E-state index contributed by atoms with van der Waals surface area (Å²) in [5.74, 6) is -0.339. The minimum Gasteiger partial charge on any atom is -0.307 e. The molecule has 0 bridgehead atoms. The van der Waals surface area contributed by atoms with Gasteiger partial charge < -0.3 is 5.32 Å². The standard InChI is InChI=1S/C11H13ClFN/c1-7(14-9-3-4-9)8-2-5-10(12)11(13)6-8/h2,5-7,9,14H,3-4H2,1H3. The Morgan fingerprint density at radius 3 is 2.79 bits per heavy atom. The molecular weight excluding hydrogens is 201 g/mol. The highest BCUT2D eigenvalue weighted by molar-refractivity contribution is 6.30. The van der Waals surface area contributed by atoms with Crippen molar-refractivity contribution >= 4 is 11.6 Å². The number of hydrogen-bond donors (Lipinski definition) is 1. The first-order valence-electron chi connectivity index (χ1n) is 4.88. The average Bonchev–Trinajstić information content (AvgIpc) is 2.93. The molecule has 1 atom stereocenters. The number of nitrogens with one attached hydrogen (secondary N) is 1. The van der Waals surface area contributed by atoms with Crippen LogP contribution in [0.25, 0.3) is 0 Å². The van der Waals surface area contributed by atoms with E-state index in [0.29, 0.717) is 6.04 Å². The molecule has 1 aromatic rings. The van der Waals surface area contributed by atoms with Crippen LogP contribution in [0.4, 0.5) is 4.39 Å². The molecule has 2 rings (SSSR count). The molecule has 0 aliphatic heterocycles. The number of benzene rings is 1. The highest BCUT2D eigenvalue weighted by Gasteiger charge is 2.23. The molecule has 1 saturated carbocycles. The lowest BCUT2D eigenvalue weighted by Crippen LogP contribution is -2.20. The average molecular weight is 214 g/mol. The lowest BCUT2D eigenvalue weighted by molar-refractivity contribution is 0.562. The van der Waals surface area contributed by atoms with Crippen molar-refractivity contribution < 1.29 is 4.39 Å². The Bertz CT molecular complexity index is 336. The molecule has 0 radical (unpaired) electrons. The van der Waals surface area contributed by atoms with E-state index < -0.39 is 0 Å². The molecule has 0 aromatic heterocycles. The van der Waals surface area contributed by atoms with Crippen LogP contribution in [0.15, 0.2) is 18.2 Å². The van der Waals surface area contributed by atoms with Crippen molar-refractivity contribution in [2.24, 2.45) is 0 Å². The fourth-order valence-electron chi connectivity index (χ4n) is 1.48. The van der Waals surface area contributed by atoms with Gasteiger partial charge in [-0.05, 0) is 37.5 Å². The van der Waals surface area contributed by atoms with E-state index in [1.165, 1.54) is 18.9 Å². The highest BCUT2D eigenvalue weighted by atomic mass is 35.5. The van der Waals surface area contributed by atoms with Crippen LogP contribution in [0.3, 0.4) is 0 Å². The van der Waals surface area contributed by atoms with Gasteiger partial charge in [0.1, 0.15) is 5.82 Å². The largest absolute Gasteiger partial charge is 0.307 e. The third kappa shape index (κ3) is 2.25. The predicted molar refractivity (Wildman–Crippen MR) is 56.0 cm³/mol. The second-order valence-electron chi connectivity index (χ2n) is 3.84. The van der Waals surface area contributed by atoms with E-state index in [4.69, 9.17) is 11.6 Å². The number of hydrogen-bond acceptors (Lipinski definition) is 1. The molecular formula is C11H13ClFN. The predicted octanol–water partition coefficient (Wildman–Crippen LogP) is 3.29. The molecule has 14 heavy (non-hydrogen) atoms. The van der Waals surface area contributed by atoms with Crippen LogP contribution in [0.1, 0.15) is 31.4 Å². The summed E-state index contributed by atoms with van der Waals surface area (Å²) < 4.78 is 13.1. The van der Waals surface area contributed by atoms with E-state index in [1.54, 1.807) is 6.07 Å². The van der Waals surface area contributed by atoms with Gasteiger partial charge in [0.2, 0.25) is 0 Å². The van der Waals surface area contributed by atoms with Gasteiger partial charge in [0.15, 0.2) is 0 Å². The highest BCUT2D eigenvalue weighted by Crippen LogP contribution is 2.25. The van der Waals surface area contributed by atoms with Crippen molar-refractivity contribution in [3.63, 3.8) is 0 Å². The first-order chi connectivity index (χ1) is 6.66. The molecule has 0 amide bonds. The lowest BCUT2D eigenvalue weighted by Gasteiger charge is -2.13. The Labute approximate surface area is 88.3 Å². The van der Waals surface area contributed by atoms with Gasteiger partial charge in [-0.2, -0.15) is 0 Å². The fraction of sp³-hybridized carbons (Fsp3) is 0.455. The van der Waals surface area contributed by atoms with Gasteiger partial charge in [0, 0.05) is 12.1 Å². The van der Waals surface area contributed by atoms with Gasteiger partial charge >= 0.3 is 0 Å². The summed E-state index contributed by atoms with van der Waals surface area (Å²) >= 11 is 5.61. The van der Waals surface area contributed by atoms with E-state index in [2.05, 4.69) is 5.32 Å². The van der Waals surface area contributed by atoms with Crippen LogP contribution in [0.2, 0.25) is 5.02 Å². The molecule has 3 heteroatoms. The van der Waals surface area contributed by atoms with Gasteiger partial charge in [-0.15, -0.1) is 0 Å². The first-order valence-corrected chi connectivity index (χ1v) is 5.25. The van der Waals surface area contributed by atoms with Crippen molar-refractivity contribution in [1.29, 1.82) is 0 Å². The first kappa shape index (κ1) is 9.94. The van der Waals surface area contributed by atoms with Crippen LogP contribution >= 0.6 is 11.6 Å². The van der Waals surface area contributed by atoms with E-state index in [9.17, 15) is 4.39 Å². The van der Waals surface area contributed by atoms with Gasteiger partial charge in [-0.3, -0.25) is 0 Å². The molecule has 1 aromatic carbocycles. The summed E-state index contributed by atoms with van der Waals surface area (Å²) in [5, 5.41) is 3.59. The zero-order chi connectivity index (χ0) is 10.1. The van der Waals surface area contributed by atoms with Crippen molar-refractivity contribution in [3.05, 3.63) is 34.6 Å². The zero-order valence-electron chi connectivity index (χ0n) is 8.06. The van der Waals surface area contributed by atoms with E-state index in [-0.39, 0.29) is 16.9 Å². The summed E-state index contributed by atoms with van der Waals surface area (Å²) in [6.07, 6.45) is 2.47. The molecule has 0 saturated heterocycles. The summed E-state index contributed by atoms with van der Waals surface area (Å²) in [4.78, 5) is 0. The van der Waals surface area contributed by atoms with Crippen molar-refractivity contribution in [2.45, 2.75) is 31.8 Å². The summed E-state index contributed by atoms with van der Waals surface area (Å²) in [7, 11) is 0. The minimum absolute atomic E-state index is 0.187. The quantitative estimate of drug-likeness (QED) is 0.813. The molecule has 1 N–H and O–H groups in total. The van der Waals surface area contributed by atoms with Crippen LogP contribution in [-0.4, -0.2) is 6.04 Å². The molecule has 0 heterocycles. The van der Waals surface area contributed by atoms with Crippen molar-refractivity contribution in [1.82, 2.24) is 5.32 Å². The van der Waals surface area contributed by atoms with Crippen LogP contribution in [0.5, 0.6) is 0 Å². The Morgan fingerprint density at radius 1 is 1.50 bits per heavy atom. The zero-order valence-corrected chi connectivity index (χ0v) is 8.81. The normalized spacial score (nSPS) is 18.2. The van der Waals surface area contributed by atoms with E-state index in [1.807, 2.05) is 13.0 Å². The minimum atomic E-state index is -0.339. The summed E-state index contributed by atoms with van der Waals surface area (Å²) in [6, 6.07) is 5.81. The van der Waals surface area contributed by atoms with Gasteiger partial charge in [-0.25, -0.2) is 4.39 Å². The molecule has 1 aliphatic carbocycles. The Hall–Kier alpha value is -0.600. The van der Waals surface area contributed by atoms with Crippen LogP contribution in [-0.2, 0) is 0 Å². The fourth-order valence-corrected chi connectivity index (χ4v) is 1.60. The molecule has 1 fully saturated rings. The lowest BCUT2D eigenvalue weighted by atomic mass is 10.1. The van der Waals surface area contributed by atoms with Crippen molar-refractivity contribution in [3.8, 4) is 0 Å². The summed E-state index contributed by atoms with van der Waals surface area (Å²) in [6.45, 7) is 2.04. The maximum absolute atomic E-state index is 13.1. The van der Waals surface area contributed by atoms with E-state index >= 15 is 0 Å². The molecule has 0 spiro atoms. The maximum atomic E-state index is 13.1. The number of rotatable bonds is 3. The Balaban J connectivity index is 2.10. The monoisotopic (exact) mass is 213 g/mol. The summed E-state index contributed by atoms with van der Waals surface area (Å²) in [5.41, 5.74) is 0.957.